The Morgan fingerprint density at radius 1 is 1.21 bits per heavy atom. The zero-order valence-corrected chi connectivity index (χ0v) is 10.7. The lowest BCUT2D eigenvalue weighted by atomic mass is 10.1. The largest absolute Gasteiger partial charge is 0.309 e. The van der Waals surface area contributed by atoms with Gasteiger partial charge < -0.3 is 5.32 Å². The second kappa shape index (κ2) is 6.07. The first-order valence-corrected chi connectivity index (χ1v) is 5.99. The molecule has 0 bridgehead atoms. The zero-order valence-electron chi connectivity index (χ0n) is 10.7. The number of halogens is 1. The summed E-state index contributed by atoms with van der Waals surface area (Å²) < 4.78 is 13.2. The number of hydrogen-bond donors (Lipinski definition) is 1. The Morgan fingerprint density at radius 2 is 2.00 bits per heavy atom. The highest BCUT2D eigenvalue weighted by atomic mass is 19.1. The smallest absolute Gasteiger partial charge is 0.124 e. The summed E-state index contributed by atoms with van der Waals surface area (Å²) in [5.74, 6) is -0.382. The van der Waals surface area contributed by atoms with Crippen LogP contribution in [-0.4, -0.2) is 4.98 Å². The monoisotopic (exact) mass is 255 g/mol. The summed E-state index contributed by atoms with van der Waals surface area (Å²) in [6.07, 6.45) is 1.81. The molecule has 0 radical (unpaired) electrons. The first-order chi connectivity index (χ1) is 9.17. The van der Waals surface area contributed by atoms with Crippen molar-refractivity contribution >= 4 is 0 Å². The normalized spacial score (nSPS) is 10.2. The van der Waals surface area contributed by atoms with Crippen LogP contribution in [0.4, 0.5) is 4.39 Å². The van der Waals surface area contributed by atoms with E-state index in [1.807, 2.05) is 31.3 Å². The molecular formula is C15H14FN3. The van der Waals surface area contributed by atoms with Crippen molar-refractivity contribution in [1.29, 1.82) is 5.26 Å². The molecule has 0 saturated heterocycles. The van der Waals surface area contributed by atoms with Gasteiger partial charge in [-0.25, -0.2) is 4.39 Å². The molecule has 2 rings (SSSR count). The molecule has 19 heavy (non-hydrogen) atoms. The van der Waals surface area contributed by atoms with Gasteiger partial charge in [0.2, 0.25) is 0 Å². The number of benzene rings is 1. The average molecular weight is 255 g/mol. The number of hydrogen-bond acceptors (Lipinski definition) is 3. The Morgan fingerprint density at radius 3 is 2.68 bits per heavy atom. The van der Waals surface area contributed by atoms with Crippen LogP contribution in [0.3, 0.4) is 0 Å². The van der Waals surface area contributed by atoms with E-state index in [9.17, 15) is 4.39 Å². The van der Waals surface area contributed by atoms with Gasteiger partial charge in [-0.2, -0.15) is 5.26 Å². The lowest BCUT2D eigenvalue weighted by molar-refractivity contribution is 0.619. The van der Waals surface area contributed by atoms with Crippen molar-refractivity contribution in [3.63, 3.8) is 0 Å². The Balaban J connectivity index is 1.94. The molecule has 0 aliphatic heterocycles. The minimum Gasteiger partial charge on any atom is -0.309 e. The first-order valence-electron chi connectivity index (χ1n) is 5.99. The van der Waals surface area contributed by atoms with E-state index in [1.165, 1.54) is 12.1 Å². The number of aryl methyl sites for hydroxylation is 1. The van der Waals surface area contributed by atoms with Crippen molar-refractivity contribution in [3.05, 3.63) is 64.7 Å². The molecule has 1 aromatic carbocycles. The van der Waals surface area contributed by atoms with Gasteiger partial charge in [0, 0.05) is 25.0 Å². The molecular weight excluding hydrogens is 241 g/mol. The fourth-order valence-electron chi connectivity index (χ4n) is 1.77. The number of nitrogens with one attached hydrogen (secondary N) is 1. The molecule has 0 aliphatic rings. The first kappa shape index (κ1) is 13.2. The van der Waals surface area contributed by atoms with Gasteiger partial charge in [-0.3, -0.25) is 4.98 Å². The number of nitriles is 1. The van der Waals surface area contributed by atoms with E-state index >= 15 is 0 Å². The molecule has 0 spiro atoms. The summed E-state index contributed by atoms with van der Waals surface area (Å²) in [5.41, 5.74) is 3.15. The van der Waals surface area contributed by atoms with Gasteiger partial charge in [-0.05, 0) is 42.3 Å². The molecule has 1 heterocycles. The van der Waals surface area contributed by atoms with E-state index in [-0.39, 0.29) is 5.82 Å². The second-order valence-electron chi connectivity index (χ2n) is 4.37. The standard InChI is InChI=1S/C15H14FN3/c1-11-2-3-12(10-19-11)8-18-9-14-4-13(7-17)5-15(16)6-14/h2-6,10,18H,8-9H2,1H3. The van der Waals surface area contributed by atoms with E-state index in [0.717, 1.165) is 16.8 Å². The molecule has 0 fully saturated rings. The van der Waals surface area contributed by atoms with E-state index in [0.29, 0.717) is 18.7 Å². The third-order valence-electron chi connectivity index (χ3n) is 2.72. The Bertz CT molecular complexity index is 600. The van der Waals surface area contributed by atoms with Crippen LogP contribution in [0.25, 0.3) is 0 Å². The maximum atomic E-state index is 13.2. The van der Waals surface area contributed by atoms with Crippen molar-refractivity contribution in [3.8, 4) is 6.07 Å². The molecule has 0 aliphatic carbocycles. The summed E-state index contributed by atoms with van der Waals surface area (Å²) in [7, 11) is 0. The van der Waals surface area contributed by atoms with Crippen molar-refractivity contribution in [2.45, 2.75) is 20.0 Å². The lowest BCUT2D eigenvalue weighted by Gasteiger charge is -2.06. The van der Waals surface area contributed by atoms with Gasteiger partial charge in [0.05, 0.1) is 11.6 Å². The van der Waals surface area contributed by atoms with E-state index < -0.39 is 0 Å². The molecule has 0 atom stereocenters. The maximum Gasteiger partial charge on any atom is 0.124 e. The lowest BCUT2D eigenvalue weighted by Crippen LogP contribution is -2.13. The molecule has 1 N–H and O–H groups in total. The number of pyridine rings is 1. The van der Waals surface area contributed by atoms with Crippen LogP contribution < -0.4 is 5.32 Å². The van der Waals surface area contributed by atoms with Crippen LogP contribution in [0.2, 0.25) is 0 Å². The second-order valence-corrected chi connectivity index (χ2v) is 4.37. The molecule has 0 amide bonds. The van der Waals surface area contributed by atoms with Gasteiger partial charge >= 0.3 is 0 Å². The highest BCUT2D eigenvalue weighted by Crippen LogP contribution is 2.08. The molecule has 0 saturated carbocycles. The van der Waals surface area contributed by atoms with Gasteiger partial charge in [-0.1, -0.05) is 6.07 Å². The van der Waals surface area contributed by atoms with E-state index in [1.54, 1.807) is 6.07 Å². The van der Waals surface area contributed by atoms with Crippen LogP contribution in [0.15, 0.2) is 36.5 Å². The SMILES string of the molecule is Cc1ccc(CNCc2cc(F)cc(C#N)c2)cn1. The van der Waals surface area contributed by atoms with Gasteiger partial charge in [0.25, 0.3) is 0 Å². The molecule has 0 unspecified atom stereocenters. The summed E-state index contributed by atoms with van der Waals surface area (Å²) in [4.78, 5) is 4.20. The van der Waals surface area contributed by atoms with Gasteiger partial charge in [0.15, 0.2) is 0 Å². The average Bonchev–Trinajstić information content (AvgIpc) is 2.40. The molecule has 3 nitrogen and oxygen atoms in total. The quantitative estimate of drug-likeness (QED) is 0.913. The zero-order chi connectivity index (χ0) is 13.7. The van der Waals surface area contributed by atoms with Crippen LogP contribution in [-0.2, 0) is 13.1 Å². The highest BCUT2D eigenvalue weighted by Gasteiger charge is 2.00. The Kier molecular flexibility index (Phi) is 4.22. The van der Waals surface area contributed by atoms with Crippen molar-refractivity contribution in [2.75, 3.05) is 0 Å². The summed E-state index contributed by atoms with van der Waals surface area (Å²) in [5, 5.41) is 12.0. The summed E-state index contributed by atoms with van der Waals surface area (Å²) >= 11 is 0. The minimum atomic E-state index is -0.382. The number of rotatable bonds is 4. The van der Waals surface area contributed by atoms with Crippen LogP contribution in [0.5, 0.6) is 0 Å². The summed E-state index contributed by atoms with van der Waals surface area (Å²) in [6, 6.07) is 10.2. The maximum absolute atomic E-state index is 13.2. The van der Waals surface area contributed by atoms with Crippen LogP contribution in [0.1, 0.15) is 22.4 Å². The number of nitrogens with zero attached hydrogens (tertiary/aromatic N) is 2. The van der Waals surface area contributed by atoms with E-state index in [4.69, 9.17) is 5.26 Å². The third kappa shape index (κ3) is 3.87. The fourth-order valence-corrected chi connectivity index (χ4v) is 1.77. The number of aromatic nitrogens is 1. The highest BCUT2D eigenvalue weighted by molar-refractivity contribution is 5.33. The van der Waals surface area contributed by atoms with Crippen molar-refractivity contribution in [1.82, 2.24) is 10.3 Å². The molecule has 1 aromatic heterocycles. The molecule has 2 aromatic rings. The predicted octanol–water partition coefficient (Wildman–Crippen LogP) is 2.69. The molecule has 4 heteroatoms. The Hall–Kier alpha value is -2.25. The molecule has 96 valence electrons. The van der Waals surface area contributed by atoms with Crippen molar-refractivity contribution < 1.29 is 4.39 Å². The van der Waals surface area contributed by atoms with Crippen LogP contribution in [0, 0.1) is 24.1 Å². The topological polar surface area (TPSA) is 48.7 Å². The van der Waals surface area contributed by atoms with Crippen molar-refractivity contribution in [2.24, 2.45) is 0 Å². The fraction of sp³-hybridized carbons (Fsp3) is 0.200. The van der Waals surface area contributed by atoms with Gasteiger partial charge in [0.1, 0.15) is 5.82 Å². The van der Waals surface area contributed by atoms with Gasteiger partial charge in [-0.15, -0.1) is 0 Å². The van der Waals surface area contributed by atoms with Crippen LogP contribution >= 0.6 is 0 Å². The minimum absolute atomic E-state index is 0.341. The van der Waals surface area contributed by atoms with E-state index in [2.05, 4.69) is 10.3 Å². The third-order valence-corrected chi connectivity index (χ3v) is 2.72. The summed E-state index contributed by atoms with van der Waals surface area (Å²) in [6.45, 7) is 3.11. The predicted molar refractivity (Wildman–Crippen MR) is 70.6 cm³/mol. The Labute approximate surface area is 111 Å².